The quantitative estimate of drug-likeness (QED) is 0.702. The molecule has 0 saturated carbocycles. The summed E-state index contributed by atoms with van der Waals surface area (Å²) in [7, 11) is -3.32. The Hall–Kier alpha value is -0.850. The molecule has 0 unspecified atom stereocenters. The minimum absolute atomic E-state index is 0.298. The summed E-state index contributed by atoms with van der Waals surface area (Å²) in [4.78, 5) is 3.03. The predicted molar refractivity (Wildman–Crippen MR) is 61.6 cm³/mol. The maximum Gasteiger partial charge on any atom is 0.242 e. The minimum Gasteiger partial charge on any atom is -0.366 e. The van der Waals surface area contributed by atoms with Crippen LogP contribution in [0.5, 0.6) is 0 Å². The first-order chi connectivity index (χ1) is 7.68. The lowest BCUT2D eigenvalue weighted by Crippen LogP contribution is -2.30. The van der Waals surface area contributed by atoms with E-state index >= 15 is 0 Å². The third-order valence-electron chi connectivity index (χ3n) is 2.83. The van der Waals surface area contributed by atoms with Crippen molar-refractivity contribution in [2.45, 2.75) is 30.2 Å². The molecule has 0 amide bonds. The van der Waals surface area contributed by atoms with Crippen molar-refractivity contribution in [3.8, 4) is 0 Å². The van der Waals surface area contributed by atoms with Gasteiger partial charge in [0.15, 0.2) is 0 Å². The maximum atomic E-state index is 11.7. The van der Waals surface area contributed by atoms with Crippen LogP contribution in [0.4, 0.5) is 0 Å². The highest BCUT2D eigenvalue weighted by molar-refractivity contribution is 7.89. The molecular weight excluding hydrogens is 226 g/mol. The second-order valence-corrected chi connectivity index (χ2v) is 5.79. The van der Waals surface area contributed by atoms with Crippen LogP contribution < -0.4 is 10.0 Å². The van der Waals surface area contributed by atoms with Gasteiger partial charge in [-0.05, 0) is 31.9 Å². The number of nitrogens with one attached hydrogen (secondary N) is 3. The van der Waals surface area contributed by atoms with Crippen LogP contribution in [0.15, 0.2) is 23.4 Å². The van der Waals surface area contributed by atoms with Gasteiger partial charge in [-0.2, -0.15) is 0 Å². The van der Waals surface area contributed by atoms with Crippen LogP contribution >= 0.6 is 0 Å². The van der Waals surface area contributed by atoms with Crippen LogP contribution in [0.2, 0.25) is 0 Å². The van der Waals surface area contributed by atoms with Crippen LogP contribution in [-0.4, -0.2) is 32.5 Å². The van der Waals surface area contributed by atoms with Crippen LogP contribution in [-0.2, 0) is 10.0 Å². The van der Waals surface area contributed by atoms with Gasteiger partial charge in [-0.1, -0.05) is 0 Å². The standard InChI is InChI=1S/C10H17N3O2S/c14-16(15,10-4-6-11-8-10)13-7-3-9-2-1-5-12-9/h4,6,8-9,11-13H,1-3,5,7H2/t9-/m0/s1. The SMILES string of the molecule is O=S(=O)(NCC[C@@H]1CCCN1)c1cc[nH]c1. The van der Waals surface area contributed by atoms with Gasteiger partial charge >= 0.3 is 0 Å². The highest BCUT2D eigenvalue weighted by Crippen LogP contribution is 2.09. The zero-order valence-corrected chi connectivity index (χ0v) is 9.89. The largest absolute Gasteiger partial charge is 0.366 e. The number of rotatable bonds is 5. The van der Waals surface area contributed by atoms with E-state index in [0.29, 0.717) is 17.5 Å². The summed E-state index contributed by atoms with van der Waals surface area (Å²) >= 11 is 0. The lowest BCUT2D eigenvalue weighted by Gasteiger charge is -2.10. The third kappa shape index (κ3) is 2.84. The summed E-state index contributed by atoms with van der Waals surface area (Å²) in [5, 5.41) is 3.34. The van der Waals surface area contributed by atoms with E-state index in [1.54, 1.807) is 12.3 Å². The molecule has 1 atom stereocenters. The summed E-state index contributed by atoms with van der Waals surface area (Å²) in [6.07, 6.45) is 6.27. The Labute approximate surface area is 95.7 Å². The molecular formula is C10H17N3O2S. The van der Waals surface area contributed by atoms with E-state index in [2.05, 4.69) is 15.0 Å². The van der Waals surface area contributed by atoms with Gasteiger partial charge in [0, 0.05) is 25.0 Å². The molecule has 1 fully saturated rings. The van der Waals surface area contributed by atoms with Gasteiger partial charge in [-0.25, -0.2) is 13.1 Å². The van der Waals surface area contributed by atoms with E-state index in [0.717, 1.165) is 19.4 Å². The molecule has 16 heavy (non-hydrogen) atoms. The topological polar surface area (TPSA) is 74.0 Å². The first-order valence-corrected chi connectivity index (χ1v) is 7.03. The number of sulfonamides is 1. The highest BCUT2D eigenvalue weighted by Gasteiger charge is 2.17. The van der Waals surface area contributed by atoms with Gasteiger partial charge in [0.05, 0.1) is 4.90 Å². The van der Waals surface area contributed by atoms with Crippen molar-refractivity contribution >= 4 is 10.0 Å². The molecule has 0 bridgehead atoms. The smallest absolute Gasteiger partial charge is 0.242 e. The molecule has 90 valence electrons. The fourth-order valence-electron chi connectivity index (χ4n) is 1.93. The van der Waals surface area contributed by atoms with Crippen LogP contribution in [0.25, 0.3) is 0 Å². The van der Waals surface area contributed by atoms with E-state index in [4.69, 9.17) is 0 Å². The Morgan fingerprint density at radius 1 is 1.50 bits per heavy atom. The Morgan fingerprint density at radius 2 is 2.38 bits per heavy atom. The molecule has 5 nitrogen and oxygen atoms in total. The van der Waals surface area contributed by atoms with E-state index in [1.807, 2.05) is 0 Å². The molecule has 0 aromatic carbocycles. The Morgan fingerprint density at radius 3 is 3.00 bits per heavy atom. The number of aromatic amines is 1. The van der Waals surface area contributed by atoms with Crippen molar-refractivity contribution in [2.75, 3.05) is 13.1 Å². The second-order valence-electron chi connectivity index (χ2n) is 4.03. The van der Waals surface area contributed by atoms with Crippen LogP contribution in [0.1, 0.15) is 19.3 Å². The summed E-state index contributed by atoms with van der Waals surface area (Å²) < 4.78 is 26.0. The number of hydrogen-bond acceptors (Lipinski definition) is 3. The monoisotopic (exact) mass is 243 g/mol. The highest BCUT2D eigenvalue weighted by atomic mass is 32.2. The normalized spacial score (nSPS) is 21.4. The van der Waals surface area contributed by atoms with E-state index in [9.17, 15) is 8.42 Å². The van der Waals surface area contributed by atoms with Gasteiger partial charge in [0.2, 0.25) is 10.0 Å². The molecule has 0 radical (unpaired) electrons. The fraction of sp³-hybridized carbons (Fsp3) is 0.600. The predicted octanol–water partition coefficient (Wildman–Crippen LogP) is 0.435. The van der Waals surface area contributed by atoms with Gasteiger partial charge in [0.1, 0.15) is 0 Å². The molecule has 2 heterocycles. The van der Waals surface area contributed by atoms with Gasteiger partial charge < -0.3 is 10.3 Å². The molecule has 2 rings (SSSR count). The maximum absolute atomic E-state index is 11.7. The van der Waals surface area contributed by atoms with Crippen LogP contribution in [0.3, 0.4) is 0 Å². The molecule has 1 aliphatic rings. The van der Waals surface area contributed by atoms with Gasteiger partial charge in [-0.3, -0.25) is 0 Å². The first-order valence-electron chi connectivity index (χ1n) is 5.54. The molecule has 0 spiro atoms. The molecule has 1 aromatic heterocycles. The van der Waals surface area contributed by atoms with Crippen molar-refractivity contribution in [3.63, 3.8) is 0 Å². The first kappa shape index (κ1) is 11.6. The fourth-order valence-corrected chi connectivity index (χ4v) is 2.95. The minimum atomic E-state index is -3.32. The second kappa shape index (κ2) is 4.99. The molecule has 1 aliphatic heterocycles. The van der Waals surface area contributed by atoms with Crippen molar-refractivity contribution in [3.05, 3.63) is 18.5 Å². The zero-order valence-electron chi connectivity index (χ0n) is 9.07. The van der Waals surface area contributed by atoms with E-state index < -0.39 is 10.0 Å². The van der Waals surface area contributed by atoms with Crippen molar-refractivity contribution in [2.24, 2.45) is 0 Å². The Balaban J connectivity index is 1.81. The lowest BCUT2D eigenvalue weighted by molar-refractivity contribution is 0.539. The van der Waals surface area contributed by atoms with Crippen molar-refractivity contribution in [1.29, 1.82) is 0 Å². The number of aromatic nitrogens is 1. The summed E-state index contributed by atoms with van der Waals surface area (Å²) in [6.45, 7) is 1.54. The molecule has 1 saturated heterocycles. The average molecular weight is 243 g/mol. The lowest BCUT2D eigenvalue weighted by atomic mass is 10.2. The van der Waals surface area contributed by atoms with Crippen molar-refractivity contribution < 1.29 is 8.42 Å². The molecule has 0 aliphatic carbocycles. The van der Waals surface area contributed by atoms with E-state index in [1.165, 1.54) is 12.6 Å². The number of hydrogen-bond donors (Lipinski definition) is 3. The third-order valence-corrected chi connectivity index (χ3v) is 4.29. The van der Waals surface area contributed by atoms with E-state index in [-0.39, 0.29) is 0 Å². The Bertz CT molecular complexity index is 407. The van der Waals surface area contributed by atoms with Crippen molar-refractivity contribution in [1.82, 2.24) is 15.0 Å². The summed E-state index contributed by atoms with van der Waals surface area (Å²) in [5.74, 6) is 0. The Kier molecular flexibility index (Phi) is 3.63. The zero-order chi connectivity index (χ0) is 11.4. The summed E-state index contributed by atoms with van der Waals surface area (Å²) in [6, 6.07) is 2.02. The van der Waals surface area contributed by atoms with Gasteiger partial charge in [-0.15, -0.1) is 0 Å². The number of H-pyrrole nitrogens is 1. The average Bonchev–Trinajstić information content (AvgIpc) is 2.90. The molecule has 3 N–H and O–H groups in total. The van der Waals surface area contributed by atoms with Gasteiger partial charge in [0.25, 0.3) is 0 Å². The summed E-state index contributed by atoms with van der Waals surface area (Å²) in [5.41, 5.74) is 0. The van der Waals surface area contributed by atoms with Crippen LogP contribution in [0, 0.1) is 0 Å². The molecule has 1 aromatic rings. The molecule has 6 heteroatoms.